The third-order valence-corrected chi connectivity index (χ3v) is 6.15. The first-order valence-corrected chi connectivity index (χ1v) is 11.5. The fourth-order valence-corrected chi connectivity index (χ4v) is 3.99. The van der Waals surface area contributed by atoms with E-state index in [2.05, 4.69) is 26.8 Å². The fraction of sp³-hybridized carbons (Fsp3) is 0.652. The van der Waals surface area contributed by atoms with Crippen LogP contribution in [0.1, 0.15) is 57.6 Å². The van der Waals surface area contributed by atoms with Crippen LogP contribution in [0.3, 0.4) is 0 Å². The Morgan fingerprint density at radius 1 is 1.09 bits per heavy atom. The van der Waals surface area contributed by atoms with Crippen molar-refractivity contribution in [2.24, 2.45) is 0 Å². The minimum atomic E-state index is -4.53. The Labute approximate surface area is 196 Å². The number of piperazine rings is 1. The number of rotatable bonds is 6. The number of aromatic nitrogens is 4. The Morgan fingerprint density at radius 2 is 1.74 bits per heavy atom. The van der Waals surface area contributed by atoms with Gasteiger partial charge in [-0.2, -0.15) is 13.2 Å². The quantitative estimate of drug-likeness (QED) is 0.681. The number of aryl methyl sites for hydroxylation is 2. The molecule has 1 saturated heterocycles. The van der Waals surface area contributed by atoms with Gasteiger partial charge in [-0.3, -0.25) is 14.7 Å². The van der Waals surface area contributed by atoms with Gasteiger partial charge in [0.1, 0.15) is 17.3 Å². The van der Waals surface area contributed by atoms with E-state index in [-0.39, 0.29) is 17.4 Å². The van der Waals surface area contributed by atoms with Crippen LogP contribution in [0.4, 0.5) is 19.0 Å². The van der Waals surface area contributed by atoms with E-state index in [9.17, 15) is 22.8 Å². The third kappa shape index (κ3) is 6.25. The molecule has 3 rings (SSSR count). The third-order valence-electron chi connectivity index (χ3n) is 6.15. The summed E-state index contributed by atoms with van der Waals surface area (Å²) in [6.07, 6.45) is -1.33. The molecule has 0 radical (unpaired) electrons. The van der Waals surface area contributed by atoms with Crippen molar-refractivity contribution in [2.45, 2.75) is 71.6 Å². The lowest BCUT2D eigenvalue weighted by Crippen LogP contribution is -2.50. The number of alkyl halides is 3. The van der Waals surface area contributed by atoms with Gasteiger partial charge >= 0.3 is 11.9 Å². The summed E-state index contributed by atoms with van der Waals surface area (Å²) in [6, 6.07) is 1.29. The van der Waals surface area contributed by atoms with E-state index in [1.807, 2.05) is 4.90 Å². The lowest BCUT2D eigenvalue weighted by Gasteiger charge is -2.39. The zero-order valence-corrected chi connectivity index (χ0v) is 20.4. The van der Waals surface area contributed by atoms with Crippen LogP contribution in [-0.4, -0.2) is 56.6 Å². The Morgan fingerprint density at radius 3 is 2.32 bits per heavy atom. The largest absolute Gasteiger partial charge is 0.433 e. The molecule has 0 amide bonds. The number of nitrogens with one attached hydrogen (secondary N) is 1. The standard InChI is InChI=1S/C23H33F3N6O2/c1-15-14-32(21(34)29-19(15)33)8-6-7-16(2)30-9-11-31(12-10-30)18-13-17(23(24,25)26)27-20(28-18)22(3,4)5/h13-14,16H,6-12H2,1-5H3,(H,29,33,34). The van der Waals surface area contributed by atoms with Crippen molar-refractivity contribution >= 4 is 5.82 Å². The molecule has 8 nitrogen and oxygen atoms in total. The smallest absolute Gasteiger partial charge is 0.354 e. The van der Waals surface area contributed by atoms with Crippen molar-refractivity contribution in [1.82, 2.24) is 24.4 Å². The number of anilines is 1. The van der Waals surface area contributed by atoms with E-state index in [0.717, 1.165) is 18.9 Å². The van der Waals surface area contributed by atoms with Gasteiger partial charge in [-0.05, 0) is 26.7 Å². The molecule has 1 N–H and O–H groups in total. The Balaban J connectivity index is 1.60. The molecule has 1 atom stereocenters. The molecule has 0 bridgehead atoms. The van der Waals surface area contributed by atoms with E-state index in [0.29, 0.717) is 44.1 Å². The molecule has 0 aliphatic carbocycles. The maximum Gasteiger partial charge on any atom is 0.433 e. The predicted molar refractivity (Wildman–Crippen MR) is 124 cm³/mol. The van der Waals surface area contributed by atoms with Crippen LogP contribution >= 0.6 is 0 Å². The van der Waals surface area contributed by atoms with Crippen LogP contribution in [-0.2, 0) is 18.1 Å². The highest BCUT2D eigenvalue weighted by atomic mass is 19.4. The molecule has 2 aromatic heterocycles. The van der Waals surface area contributed by atoms with E-state index in [1.54, 1.807) is 33.9 Å². The Bertz CT molecular complexity index is 1080. The summed E-state index contributed by atoms with van der Waals surface area (Å²) in [5.41, 5.74) is -1.79. The maximum absolute atomic E-state index is 13.4. The van der Waals surface area contributed by atoms with E-state index in [4.69, 9.17) is 0 Å². The van der Waals surface area contributed by atoms with Crippen LogP contribution in [0.15, 0.2) is 21.9 Å². The number of nitrogens with zero attached hydrogens (tertiary/aromatic N) is 5. The molecule has 0 spiro atoms. The second-order valence-corrected chi connectivity index (χ2v) is 9.96. The molecular formula is C23H33F3N6O2. The summed E-state index contributed by atoms with van der Waals surface area (Å²) < 4.78 is 41.8. The fourth-order valence-electron chi connectivity index (χ4n) is 3.99. The number of H-pyrrole nitrogens is 1. The van der Waals surface area contributed by atoms with Gasteiger partial charge in [-0.15, -0.1) is 0 Å². The summed E-state index contributed by atoms with van der Waals surface area (Å²) in [5, 5.41) is 0. The van der Waals surface area contributed by atoms with Gasteiger partial charge < -0.3 is 9.47 Å². The zero-order valence-electron chi connectivity index (χ0n) is 20.4. The minimum Gasteiger partial charge on any atom is -0.354 e. The van der Waals surface area contributed by atoms with Gasteiger partial charge in [-0.1, -0.05) is 20.8 Å². The summed E-state index contributed by atoms with van der Waals surface area (Å²) >= 11 is 0. The van der Waals surface area contributed by atoms with Crippen LogP contribution in [0.25, 0.3) is 0 Å². The summed E-state index contributed by atoms with van der Waals surface area (Å²) in [5.74, 6) is 0.494. The molecule has 0 aromatic carbocycles. The Hall–Kier alpha value is -2.69. The molecule has 1 fully saturated rings. The topological polar surface area (TPSA) is 87.1 Å². The van der Waals surface area contributed by atoms with E-state index >= 15 is 0 Å². The lowest BCUT2D eigenvalue weighted by molar-refractivity contribution is -0.141. The molecule has 34 heavy (non-hydrogen) atoms. The predicted octanol–water partition coefficient (Wildman–Crippen LogP) is 2.94. The minimum absolute atomic E-state index is 0.181. The van der Waals surface area contributed by atoms with E-state index in [1.165, 1.54) is 4.57 Å². The number of hydrogen-bond donors (Lipinski definition) is 1. The average Bonchev–Trinajstić information content (AvgIpc) is 2.75. The van der Waals surface area contributed by atoms with Crippen LogP contribution in [0.2, 0.25) is 0 Å². The van der Waals surface area contributed by atoms with Crippen molar-refractivity contribution in [3.8, 4) is 0 Å². The SMILES string of the molecule is Cc1cn(CCCC(C)N2CCN(c3cc(C(F)(F)F)nc(C(C)(C)C)n3)CC2)c(=O)[nH]c1=O. The zero-order chi connectivity index (χ0) is 25.3. The molecule has 188 valence electrons. The monoisotopic (exact) mass is 482 g/mol. The second kappa shape index (κ2) is 9.89. The first kappa shape index (κ1) is 25.9. The van der Waals surface area contributed by atoms with Gasteiger partial charge in [0.15, 0.2) is 0 Å². The molecule has 1 aliphatic heterocycles. The van der Waals surface area contributed by atoms with Gasteiger partial charge in [-0.25, -0.2) is 14.8 Å². The van der Waals surface area contributed by atoms with Crippen molar-refractivity contribution in [3.63, 3.8) is 0 Å². The normalized spacial score (nSPS) is 16.6. The van der Waals surface area contributed by atoms with Crippen molar-refractivity contribution < 1.29 is 13.2 Å². The maximum atomic E-state index is 13.4. The van der Waals surface area contributed by atoms with Crippen molar-refractivity contribution in [1.29, 1.82) is 0 Å². The summed E-state index contributed by atoms with van der Waals surface area (Å²) in [4.78, 5) is 38.1. The van der Waals surface area contributed by atoms with Crippen LogP contribution in [0.5, 0.6) is 0 Å². The number of hydrogen-bond acceptors (Lipinski definition) is 6. The second-order valence-electron chi connectivity index (χ2n) is 9.96. The van der Waals surface area contributed by atoms with Gasteiger partial charge in [0.2, 0.25) is 0 Å². The van der Waals surface area contributed by atoms with Gasteiger partial charge in [0, 0.05) is 62.0 Å². The molecule has 2 aromatic rings. The molecule has 1 unspecified atom stereocenters. The lowest BCUT2D eigenvalue weighted by atomic mass is 9.95. The highest BCUT2D eigenvalue weighted by Gasteiger charge is 2.36. The van der Waals surface area contributed by atoms with Crippen LogP contribution in [0, 0.1) is 6.92 Å². The molecular weight excluding hydrogens is 449 g/mol. The molecule has 3 heterocycles. The molecule has 1 aliphatic rings. The van der Waals surface area contributed by atoms with Crippen LogP contribution < -0.4 is 16.1 Å². The van der Waals surface area contributed by atoms with Crippen molar-refractivity contribution in [3.05, 3.63) is 50.2 Å². The highest BCUT2D eigenvalue weighted by molar-refractivity contribution is 5.42. The summed E-state index contributed by atoms with van der Waals surface area (Å²) in [6.45, 7) is 12.2. The Kier molecular flexibility index (Phi) is 7.54. The highest BCUT2D eigenvalue weighted by Crippen LogP contribution is 2.32. The number of halogens is 3. The molecule has 0 saturated carbocycles. The molecule has 11 heteroatoms. The van der Waals surface area contributed by atoms with Gasteiger partial charge in [0.25, 0.3) is 5.56 Å². The average molecular weight is 483 g/mol. The summed E-state index contributed by atoms with van der Waals surface area (Å²) in [7, 11) is 0. The van der Waals surface area contributed by atoms with Gasteiger partial charge in [0.05, 0.1) is 0 Å². The van der Waals surface area contributed by atoms with E-state index < -0.39 is 23.0 Å². The first-order valence-electron chi connectivity index (χ1n) is 11.5. The van der Waals surface area contributed by atoms with Crippen molar-refractivity contribution in [2.75, 3.05) is 31.1 Å². The first-order chi connectivity index (χ1) is 15.8. The number of aromatic amines is 1.